The number of rotatable bonds is 10. The Morgan fingerprint density at radius 3 is 2.07 bits per heavy atom. The van der Waals surface area contributed by atoms with Crippen LogP contribution >= 0.6 is 12.6 Å². The van der Waals surface area contributed by atoms with Crippen LogP contribution < -0.4 is 0 Å². The zero-order chi connectivity index (χ0) is 11.5. The van der Waals surface area contributed by atoms with E-state index < -0.39 is 0 Å². The Hall–Kier alpha value is -0.570. The molecule has 0 rings (SSSR count). The number of hydrogen-bond acceptors (Lipinski definition) is 3. The summed E-state index contributed by atoms with van der Waals surface area (Å²) in [6.07, 6.45) is 6.19. The predicted octanol–water partition coefficient (Wildman–Crippen LogP) is 2.61. The van der Waals surface area contributed by atoms with Crippen LogP contribution in [0.15, 0.2) is 25.6 Å². The Kier molecular flexibility index (Phi) is 9.59. The first-order valence-corrected chi connectivity index (χ1v) is 6.25. The SMILES string of the molecule is C=CN(CC)CCN(C=C)CCCCS. The highest BCUT2D eigenvalue weighted by Gasteiger charge is 2.00. The van der Waals surface area contributed by atoms with Crippen molar-refractivity contribution >= 4 is 12.6 Å². The van der Waals surface area contributed by atoms with Crippen LogP contribution in [0, 0.1) is 0 Å². The molecule has 0 aliphatic carbocycles. The minimum atomic E-state index is 0.971. The van der Waals surface area contributed by atoms with Gasteiger partial charge in [0.25, 0.3) is 0 Å². The lowest BCUT2D eigenvalue weighted by molar-refractivity contribution is 0.302. The largest absolute Gasteiger partial charge is 0.376 e. The van der Waals surface area contributed by atoms with Crippen LogP contribution in [-0.2, 0) is 0 Å². The fourth-order valence-electron chi connectivity index (χ4n) is 1.36. The van der Waals surface area contributed by atoms with Gasteiger partial charge in [0.2, 0.25) is 0 Å². The number of unbranched alkanes of at least 4 members (excludes halogenated alkanes) is 1. The van der Waals surface area contributed by atoms with Crippen LogP contribution in [0.5, 0.6) is 0 Å². The van der Waals surface area contributed by atoms with Crippen LogP contribution in [0.4, 0.5) is 0 Å². The molecule has 0 bridgehead atoms. The molecule has 0 aromatic heterocycles. The smallest absolute Gasteiger partial charge is 0.0348 e. The van der Waals surface area contributed by atoms with Crippen molar-refractivity contribution in [3.63, 3.8) is 0 Å². The summed E-state index contributed by atoms with van der Waals surface area (Å²) in [5, 5.41) is 0. The number of likely N-dealkylation sites (N-methyl/N-ethyl adjacent to an activating group) is 1. The van der Waals surface area contributed by atoms with E-state index in [9.17, 15) is 0 Å². The molecule has 0 aromatic carbocycles. The molecule has 0 amide bonds. The average Bonchev–Trinajstić information content (AvgIpc) is 2.28. The maximum Gasteiger partial charge on any atom is 0.0348 e. The standard InChI is InChI=1S/C12H24N2S/c1-4-13(5-2)10-11-14(6-3)9-7-8-12-15/h4,6,15H,1,3,5,7-12H2,2H3. The van der Waals surface area contributed by atoms with E-state index in [2.05, 4.69) is 42.5 Å². The molecular formula is C12H24N2S. The van der Waals surface area contributed by atoms with Gasteiger partial charge in [0.15, 0.2) is 0 Å². The monoisotopic (exact) mass is 228 g/mol. The highest BCUT2D eigenvalue weighted by Crippen LogP contribution is 1.98. The van der Waals surface area contributed by atoms with Gasteiger partial charge in [-0.05, 0) is 37.9 Å². The lowest BCUT2D eigenvalue weighted by Gasteiger charge is -2.24. The molecule has 3 heteroatoms. The van der Waals surface area contributed by atoms with Gasteiger partial charge >= 0.3 is 0 Å². The molecule has 0 unspecified atom stereocenters. The summed E-state index contributed by atoms with van der Waals surface area (Å²) in [5.74, 6) is 0.971. The molecule has 0 aliphatic heterocycles. The molecule has 0 heterocycles. The predicted molar refractivity (Wildman–Crippen MR) is 72.3 cm³/mol. The molecule has 0 atom stereocenters. The van der Waals surface area contributed by atoms with Crippen LogP contribution in [0.2, 0.25) is 0 Å². The van der Waals surface area contributed by atoms with E-state index in [1.165, 1.54) is 12.8 Å². The van der Waals surface area contributed by atoms with Gasteiger partial charge in [0, 0.05) is 26.2 Å². The van der Waals surface area contributed by atoms with Crippen molar-refractivity contribution in [2.24, 2.45) is 0 Å². The fourth-order valence-corrected chi connectivity index (χ4v) is 1.58. The Morgan fingerprint density at radius 2 is 1.60 bits per heavy atom. The van der Waals surface area contributed by atoms with Gasteiger partial charge in [-0.15, -0.1) is 0 Å². The lowest BCUT2D eigenvalue weighted by atomic mass is 10.3. The lowest BCUT2D eigenvalue weighted by Crippen LogP contribution is -2.29. The van der Waals surface area contributed by atoms with Gasteiger partial charge in [0.05, 0.1) is 0 Å². The van der Waals surface area contributed by atoms with Crippen molar-refractivity contribution in [2.45, 2.75) is 19.8 Å². The maximum atomic E-state index is 4.20. The molecule has 0 fully saturated rings. The molecule has 0 N–H and O–H groups in total. The Labute approximate surface area is 100 Å². The van der Waals surface area contributed by atoms with Gasteiger partial charge in [-0.3, -0.25) is 0 Å². The second-order valence-corrected chi connectivity index (χ2v) is 3.91. The first-order valence-electron chi connectivity index (χ1n) is 5.62. The van der Waals surface area contributed by atoms with Crippen molar-refractivity contribution in [3.8, 4) is 0 Å². The van der Waals surface area contributed by atoms with Crippen LogP contribution in [0.1, 0.15) is 19.8 Å². The van der Waals surface area contributed by atoms with E-state index in [-0.39, 0.29) is 0 Å². The Balaban J connectivity index is 3.68. The maximum absolute atomic E-state index is 4.20. The van der Waals surface area contributed by atoms with Crippen LogP contribution in [-0.4, -0.2) is 41.7 Å². The summed E-state index contributed by atoms with van der Waals surface area (Å²) in [5.41, 5.74) is 0. The summed E-state index contributed by atoms with van der Waals surface area (Å²) in [6, 6.07) is 0. The summed E-state index contributed by atoms with van der Waals surface area (Å²) in [7, 11) is 0. The van der Waals surface area contributed by atoms with Crippen molar-refractivity contribution in [1.29, 1.82) is 0 Å². The van der Waals surface area contributed by atoms with Crippen molar-refractivity contribution in [1.82, 2.24) is 9.80 Å². The quantitative estimate of drug-likeness (QED) is 0.453. The van der Waals surface area contributed by atoms with Gasteiger partial charge in [-0.25, -0.2) is 0 Å². The van der Waals surface area contributed by atoms with E-state index in [1.54, 1.807) is 0 Å². The third-order valence-corrected chi connectivity index (χ3v) is 2.77. The molecule has 88 valence electrons. The van der Waals surface area contributed by atoms with Crippen molar-refractivity contribution in [3.05, 3.63) is 25.6 Å². The fraction of sp³-hybridized carbons (Fsp3) is 0.667. The molecule has 0 saturated carbocycles. The third kappa shape index (κ3) is 7.37. The van der Waals surface area contributed by atoms with E-state index >= 15 is 0 Å². The zero-order valence-corrected chi connectivity index (χ0v) is 10.8. The Bertz CT molecular complexity index is 171. The highest BCUT2D eigenvalue weighted by atomic mass is 32.1. The average molecular weight is 228 g/mol. The molecule has 0 aliphatic rings. The zero-order valence-electron chi connectivity index (χ0n) is 9.86. The second kappa shape index (κ2) is 9.97. The van der Waals surface area contributed by atoms with E-state index in [0.29, 0.717) is 0 Å². The number of thiol groups is 1. The topological polar surface area (TPSA) is 6.48 Å². The van der Waals surface area contributed by atoms with Gasteiger partial charge in [0.1, 0.15) is 0 Å². The molecule has 2 nitrogen and oxygen atoms in total. The van der Waals surface area contributed by atoms with Crippen LogP contribution in [0.3, 0.4) is 0 Å². The first kappa shape index (κ1) is 14.4. The third-order valence-electron chi connectivity index (χ3n) is 2.45. The number of nitrogens with zero attached hydrogens (tertiary/aromatic N) is 2. The van der Waals surface area contributed by atoms with E-state index in [4.69, 9.17) is 0 Å². The summed E-state index contributed by atoms with van der Waals surface area (Å²) in [6.45, 7) is 13.9. The second-order valence-electron chi connectivity index (χ2n) is 3.46. The van der Waals surface area contributed by atoms with Crippen molar-refractivity contribution in [2.75, 3.05) is 31.9 Å². The van der Waals surface area contributed by atoms with E-state index in [0.717, 1.165) is 31.9 Å². The summed E-state index contributed by atoms with van der Waals surface area (Å²) >= 11 is 4.20. The van der Waals surface area contributed by atoms with Crippen molar-refractivity contribution < 1.29 is 0 Å². The van der Waals surface area contributed by atoms with E-state index in [1.807, 2.05) is 12.4 Å². The van der Waals surface area contributed by atoms with Gasteiger partial charge in [-0.2, -0.15) is 12.6 Å². The molecule has 0 aromatic rings. The minimum Gasteiger partial charge on any atom is -0.376 e. The molecule has 0 radical (unpaired) electrons. The highest BCUT2D eigenvalue weighted by molar-refractivity contribution is 7.80. The normalized spacial score (nSPS) is 9.73. The summed E-state index contributed by atoms with van der Waals surface area (Å²) < 4.78 is 0. The van der Waals surface area contributed by atoms with Gasteiger partial charge in [-0.1, -0.05) is 13.2 Å². The molecule has 15 heavy (non-hydrogen) atoms. The molecular weight excluding hydrogens is 204 g/mol. The summed E-state index contributed by atoms with van der Waals surface area (Å²) in [4.78, 5) is 4.46. The first-order chi connectivity index (χ1) is 7.28. The Morgan fingerprint density at radius 1 is 1.00 bits per heavy atom. The van der Waals surface area contributed by atoms with Crippen LogP contribution in [0.25, 0.3) is 0 Å². The molecule has 0 spiro atoms. The number of hydrogen-bond donors (Lipinski definition) is 1. The van der Waals surface area contributed by atoms with Gasteiger partial charge < -0.3 is 9.80 Å². The minimum absolute atomic E-state index is 0.971. The molecule has 0 saturated heterocycles.